The van der Waals surface area contributed by atoms with Gasteiger partial charge in [-0.3, -0.25) is 0 Å². The number of aromatic hydroxyl groups is 1. The molecule has 0 saturated heterocycles. The lowest BCUT2D eigenvalue weighted by molar-refractivity contribution is 0.0446. The molecule has 2 nitrogen and oxygen atoms in total. The number of hydrogen-bond donors (Lipinski definition) is 1. The summed E-state index contributed by atoms with van der Waals surface area (Å²) in [6, 6.07) is 7.36. The minimum absolute atomic E-state index is 0.338. The molecule has 1 fully saturated rings. The first kappa shape index (κ1) is 9.53. The summed E-state index contributed by atoms with van der Waals surface area (Å²) in [6.07, 6.45) is 5.33. The number of benzene rings is 1. The second kappa shape index (κ2) is 4.47. The third-order valence-electron chi connectivity index (χ3n) is 2.77. The molecule has 0 unspecified atom stereocenters. The van der Waals surface area contributed by atoms with Crippen molar-refractivity contribution < 1.29 is 9.84 Å². The highest BCUT2D eigenvalue weighted by molar-refractivity contribution is 5.30. The molecule has 14 heavy (non-hydrogen) atoms. The van der Waals surface area contributed by atoms with Gasteiger partial charge >= 0.3 is 0 Å². The fourth-order valence-corrected chi connectivity index (χ4v) is 1.90. The Kier molecular flexibility index (Phi) is 3.04. The van der Waals surface area contributed by atoms with Crippen molar-refractivity contribution in [3.63, 3.8) is 0 Å². The molecule has 0 heterocycles. The van der Waals surface area contributed by atoms with E-state index in [1.54, 1.807) is 6.07 Å². The van der Waals surface area contributed by atoms with Crippen LogP contribution in [0.4, 0.5) is 0 Å². The molecule has 1 aromatic carbocycles. The van der Waals surface area contributed by atoms with E-state index in [-0.39, 0.29) is 0 Å². The van der Waals surface area contributed by atoms with Crippen molar-refractivity contribution >= 4 is 0 Å². The number of para-hydroxylation sites is 1. The van der Waals surface area contributed by atoms with E-state index >= 15 is 0 Å². The fraction of sp³-hybridized carbons (Fsp3) is 0.500. The van der Waals surface area contributed by atoms with E-state index in [0.29, 0.717) is 18.5 Å². The summed E-state index contributed by atoms with van der Waals surface area (Å²) in [5, 5.41) is 9.50. The maximum absolute atomic E-state index is 9.50. The average Bonchev–Trinajstić information content (AvgIpc) is 2.69. The predicted octanol–water partition coefficient (Wildman–Crippen LogP) is 2.85. The third-order valence-corrected chi connectivity index (χ3v) is 2.77. The SMILES string of the molecule is Oc1ccccc1COC1CCCC1. The Hall–Kier alpha value is -1.02. The van der Waals surface area contributed by atoms with Crippen LogP contribution in [-0.4, -0.2) is 11.2 Å². The lowest BCUT2D eigenvalue weighted by Gasteiger charge is -2.11. The van der Waals surface area contributed by atoms with Crippen molar-refractivity contribution in [2.24, 2.45) is 0 Å². The van der Waals surface area contributed by atoms with Gasteiger partial charge in [0.2, 0.25) is 0 Å². The maximum atomic E-state index is 9.50. The zero-order chi connectivity index (χ0) is 9.80. The van der Waals surface area contributed by atoms with Crippen molar-refractivity contribution in [1.29, 1.82) is 0 Å². The van der Waals surface area contributed by atoms with Gasteiger partial charge < -0.3 is 9.84 Å². The summed E-state index contributed by atoms with van der Waals surface area (Å²) in [5.41, 5.74) is 0.888. The van der Waals surface area contributed by atoms with E-state index in [1.807, 2.05) is 18.2 Å². The van der Waals surface area contributed by atoms with Gasteiger partial charge in [0.1, 0.15) is 5.75 Å². The van der Waals surface area contributed by atoms with Gasteiger partial charge in [0.05, 0.1) is 12.7 Å². The van der Waals surface area contributed by atoms with Crippen LogP contribution in [0.25, 0.3) is 0 Å². The molecule has 1 aliphatic carbocycles. The van der Waals surface area contributed by atoms with Crippen LogP contribution in [0.1, 0.15) is 31.2 Å². The molecule has 1 aliphatic rings. The second-order valence-corrected chi connectivity index (χ2v) is 3.85. The van der Waals surface area contributed by atoms with E-state index in [0.717, 1.165) is 5.56 Å². The van der Waals surface area contributed by atoms with Crippen molar-refractivity contribution in [3.8, 4) is 5.75 Å². The van der Waals surface area contributed by atoms with Crippen molar-refractivity contribution in [2.45, 2.75) is 38.4 Å². The van der Waals surface area contributed by atoms with E-state index in [9.17, 15) is 5.11 Å². The molecule has 1 saturated carbocycles. The Morgan fingerprint density at radius 2 is 1.93 bits per heavy atom. The Balaban J connectivity index is 1.88. The van der Waals surface area contributed by atoms with Gasteiger partial charge in [-0.15, -0.1) is 0 Å². The lowest BCUT2D eigenvalue weighted by atomic mass is 10.2. The van der Waals surface area contributed by atoms with Crippen LogP contribution in [-0.2, 0) is 11.3 Å². The number of phenols is 1. The van der Waals surface area contributed by atoms with Gasteiger partial charge in [-0.05, 0) is 18.9 Å². The van der Waals surface area contributed by atoms with Gasteiger partial charge in [-0.2, -0.15) is 0 Å². The lowest BCUT2D eigenvalue weighted by Crippen LogP contribution is -2.07. The van der Waals surface area contributed by atoms with Crippen LogP contribution in [0.15, 0.2) is 24.3 Å². The molecule has 2 heteroatoms. The molecule has 76 valence electrons. The quantitative estimate of drug-likeness (QED) is 0.798. The molecular formula is C12H16O2. The Morgan fingerprint density at radius 1 is 1.21 bits per heavy atom. The Labute approximate surface area is 84.5 Å². The summed E-state index contributed by atoms with van der Waals surface area (Å²) in [4.78, 5) is 0. The normalized spacial score (nSPS) is 17.4. The first-order chi connectivity index (χ1) is 6.86. The van der Waals surface area contributed by atoms with Gasteiger partial charge in [-0.25, -0.2) is 0 Å². The molecule has 0 amide bonds. The third kappa shape index (κ3) is 2.26. The topological polar surface area (TPSA) is 29.5 Å². The molecule has 0 spiro atoms. The number of phenolic OH excluding ortho intramolecular Hbond substituents is 1. The minimum Gasteiger partial charge on any atom is -0.508 e. The number of hydrogen-bond acceptors (Lipinski definition) is 2. The van der Waals surface area contributed by atoms with E-state index in [1.165, 1.54) is 25.7 Å². The summed E-state index contributed by atoms with van der Waals surface area (Å²) in [5.74, 6) is 0.338. The van der Waals surface area contributed by atoms with Crippen LogP contribution in [0.3, 0.4) is 0 Å². The zero-order valence-electron chi connectivity index (χ0n) is 8.28. The summed E-state index contributed by atoms with van der Waals surface area (Å²) < 4.78 is 5.71. The summed E-state index contributed by atoms with van der Waals surface area (Å²) in [6.45, 7) is 0.539. The largest absolute Gasteiger partial charge is 0.508 e. The van der Waals surface area contributed by atoms with Crippen LogP contribution in [0, 0.1) is 0 Å². The predicted molar refractivity (Wildman–Crippen MR) is 55.2 cm³/mol. The number of rotatable bonds is 3. The highest BCUT2D eigenvalue weighted by Gasteiger charge is 2.15. The first-order valence-electron chi connectivity index (χ1n) is 5.25. The van der Waals surface area contributed by atoms with Gasteiger partial charge in [-0.1, -0.05) is 31.0 Å². The molecule has 0 radical (unpaired) electrons. The minimum atomic E-state index is 0.338. The molecule has 0 bridgehead atoms. The molecule has 0 aliphatic heterocycles. The monoisotopic (exact) mass is 192 g/mol. The standard InChI is InChI=1S/C12H16O2/c13-12-8-4-1-5-10(12)9-14-11-6-2-3-7-11/h1,4-5,8,11,13H,2-3,6-7,9H2. The van der Waals surface area contributed by atoms with Crippen LogP contribution in [0.2, 0.25) is 0 Å². The van der Waals surface area contributed by atoms with Crippen LogP contribution < -0.4 is 0 Å². The Morgan fingerprint density at radius 3 is 2.64 bits per heavy atom. The van der Waals surface area contributed by atoms with Crippen molar-refractivity contribution in [2.75, 3.05) is 0 Å². The molecule has 2 rings (SSSR count). The van der Waals surface area contributed by atoms with Gasteiger partial charge in [0.15, 0.2) is 0 Å². The van der Waals surface area contributed by atoms with E-state index in [4.69, 9.17) is 4.74 Å². The molecule has 0 atom stereocenters. The summed E-state index contributed by atoms with van der Waals surface area (Å²) >= 11 is 0. The average molecular weight is 192 g/mol. The highest BCUT2D eigenvalue weighted by atomic mass is 16.5. The highest BCUT2D eigenvalue weighted by Crippen LogP contribution is 2.24. The van der Waals surface area contributed by atoms with E-state index < -0.39 is 0 Å². The zero-order valence-corrected chi connectivity index (χ0v) is 8.28. The molecule has 0 aromatic heterocycles. The second-order valence-electron chi connectivity index (χ2n) is 3.85. The van der Waals surface area contributed by atoms with Crippen molar-refractivity contribution in [1.82, 2.24) is 0 Å². The van der Waals surface area contributed by atoms with Crippen molar-refractivity contribution in [3.05, 3.63) is 29.8 Å². The maximum Gasteiger partial charge on any atom is 0.121 e. The van der Waals surface area contributed by atoms with Crippen LogP contribution in [0.5, 0.6) is 5.75 Å². The number of ether oxygens (including phenoxy) is 1. The summed E-state index contributed by atoms with van der Waals surface area (Å²) in [7, 11) is 0. The van der Waals surface area contributed by atoms with Gasteiger partial charge in [0.25, 0.3) is 0 Å². The van der Waals surface area contributed by atoms with Gasteiger partial charge in [0, 0.05) is 5.56 Å². The molecule has 1 N–H and O–H groups in total. The Bertz CT molecular complexity index is 290. The molecule has 1 aromatic rings. The molecular weight excluding hydrogens is 176 g/mol. The van der Waals surface area contributed by atoms with Crippen LogP contribution >= 0.6 is 0 Å². The fourth-order valence-electron chi connectivity index (χ4n) is 1.90. The smallest absolute Gasteiger partial charge is 0.121 e. The first-order valence-corrected chi connectivity index (χ1v) is 5.25. The van der Waals surface area contributed by atoms with E-state index in [2.05, 4.69) is 0 Å².